The van der Waals surface area contributed by atoms with E-state index in [1.54, 1.807) is 35.9 Å². The van der Waals surface area contributed by atoms with Gasteiger partial charge in [-0.3, -0.25) is 14.6 Å². The highest BCUT2D eigenvalue weighted by Crippen LogP contribution is 2.35. The van der Waals surface area contributed by atoms with Gasteiger partial charge in [0.05, 0.1) is 5.41 Å². The summed E-state index contributed by atoms with van der Waals surface area (Å²) < 4.78 is 0. The zero-order chi connectivity index (χ0) is 21.7. The number of hydrogen-bond acceptors (Lipinski definition) is 4. The van der Waals surface area contributed by atoms with E-state index in [0.29, 0.717) is 31.6 Å². The molecule has 3 aromatic rings. The minimum Gasteiger partial charge on any atom is -0.356 e. The molecule has 0 saturated carbocycles. The standard InChI is InChI=1S/C25H27N3O2S/c1-2-27-24(30)25(17-19-6-8-20(9-7-19)22-5-3-16-31-22)12-4-15-28(18-25)23(29)21-10-13-26-14-11-21/h3,5-11,13-14,16H,2,4,12,15,17-18H2,1H3,(H,27,30)/t25-/m0/s1. The maximum Gasteiger partial charge on any atom is 0.253 e. The molecule has 3 heterocycles. The molecule has 1 aliphatic rings. The molecule has 0 unspecified atom stereocenters. The van der Waals surface area contributed by atoms with Crippen molar-refractivity contribution in [3.63, 3.8) is 0 Å². The maximum absolute atomic E-state index is 13.2. The van der Waals surface area contributed by atoms with Crippen molar-refractivity contribution in [1.82, 2.24) is 15.2 Å². The third-order valence-electron chi connectivity index (χ3n) is 5.91. The number of nitrogens with one attached hydrogen (secondary N) is 1. The first-order valence-corrected chi connectivity index (χ1v) is 11.6. The molecule has 2 amide bonds. The van der Waals surface area contributed by atoms with E-state index in [0.717, 1.165) is 18.4 Å². The lowest BCUT2D eigenvalue weighted by molar-refractivity contribution is -0.133. The van der Waals surface area contributed by atoms with Gasteiger partial charge in [0.1, 0.15) is 0 Å². The van der Waals surface area contributed by atoms with Gasteiger partial charge in [0.15, 0.2) is 0 Å². The molecule has 31 heavy (non-hydrogen) atoms. The number of aromatic nitrogens is 1. The van der Waals surface area contributed by atoms with Crippen LogP contribution in [0.2, 0.25) is 0 Å². The first-order valence-electron chi connectivity index (χ1n) is 10.7. The molecule has 1 aliphatic heterocycles. The molecule has 4 rings (SSSR count). The molecule has 6 heteroatoms. The summed E-state index contributed by atoms with van der Waals surface area (Å²) in [4.78, 5) is 33.4. The third-order valence-corrected chi connectivity index (χ3v) is 6.83. The average molecular weight is 434 g/mol. The van der Waals surface area contributed by atoms with E-state index in [-0.39, 0.29) is 11.8 Å². The summed E-state index contributed by atoms with van der Waals surface area (Å²) in [6.07, 6.45) is 5.45. The van der Waals surface area contributed by atoms with Crippen LogP contribution < -0.4 is 5.32 Å². The fourth-order valence-corrected chi connectivity index (χ4v) is 5.09. The number of hydrogen-bond donors (Lipinski definition) is 1. The minimum atomic E-state index is -0.624. The second-order valence-corrected chi connectivity index (χ2v) is 9.00. The number of piperidine rings is 1. The van der Waals surface area contributed by atoms with Gasteiger partial charge < -0.3 is 10.2 Å². The van der Waals surface area contributed by atoms with Crippen LogP contribution >= 0.6 is 11.3 Å². The van der Waals surface area contributed by atoms with Crippen LogP contribution in [0, 0.1) is 5.41 Å². The third kappa shape index (κ3) is 4.69. The summed E-state index contributed by atoms with van der Waals surface area (Å²) >= 11 is 1.72. The van der Waals surface area contributed by atoms with Crippen LogP contribution in [-0.2, 0) is 11.2 Å². The van der Waals surface area contributed by atoms with Crippen molar-refractivity contribution < 1.29 is 9.59 Å². The molecule has 5 nitrogen and oxygen atoms in total. The Morgan fingerprint density at radius 3 is 2.58 bits per heavy atom. The number of amides is 2. The Hall–Kier alpha value is -2.99. The Morgan fingerprint density at radius 2 is 1.90 bits per heavy atom. The van der Waals surface area contributed by atoms with Crippen molar-refractivity contribution in [2.45, 2.75) is 26.2 Å². The quantitative estimate of drug-likeness (QED) is 0.626. The highest BCUT2D eigenvalue weighted by atomic mass is 32.1. The highest BCUT2D eigenvalue weighted by Gasteiger charge is 2.43. The molecule has 1 saturated heterocycles. The van der Waals surface area contributed by atoms with Gasteiger partial charge in [-0.1, -0.05) is 30.3 Å². The Balaban J connectivity index is 1.58. The summed E-state index contributed by atoms with van der Waals surface area (Å²) in [5.41, 5.74) is 2.29. The van der Waals surface area contributed by atoms with Crippen LogP contribution in [-0.4, -0.2) is 41.3 Å². The highest BCUT2D eigenvalue weighted by molar-refractivity contribution is 7.13. The Bertz CT molecular complexity index is 1020. The molecule has 1 fully saturated rings. The second kappa shape index (κ2) is 9.43. The Kier molecular flexibility index (Phi) is 6.47. The lowest BCUT2D eigenvalue weighted by Crippen LogP contribution is -2.54. The van der Waals surface area contributed by atoms with Crippen molar-refractivity contribution in [1.29, 1.82) is 0 Å². The van der Waals surface area contributed by atoms with Gasteiger partial charge in [0, 0.05) is 42.5 Å². The van der Waals surface area contributed by atoms with Crippen LogP contribution in [0.4, 0.5) is 0 Å². The zero-order valence-electron chi connectivity index (χ0n) is 17.7. The van der Waals surface area contributed by atoms with Crippen LogP contribution in [0.5, 0.6) is 0 Å². The molecule has 2 aromatic heterocycles. The fraction of sp³-hybridized carbons (Fsp3) is 0.320. The molecule has 0 spiro atoms. The molecule has 0 aliphatic carbocycles. The molecule has 1 N–H and O–H groups in total. The minimum absolute atomic E-state index is 0.0320. The predicted molar refractivity (Wildman–Crippen MR) is 124 cm³/mol. The first-order chi connectivity index (χ1) is 15.1. The summed E-state index contributed by atoms with van der Waals surface area (Å²) in [6, 6.07) is 16.1. The molecule has 160 valence electrons. The molecule has 0 bridgehead atoms. The molecule has 1 aromatic carbocycles. The van der Waals surface area contributed by atoms with Gasteiger partial charge in [-0.2, -0.15) is 0 Å². The van der Waals surface area contributed by atoms with E-state index in [1.165, 1.54) is 10.4 Å². The van der Waals surface area contributed by atoms with E-state index < -0.39 is 5.41 Å². The monoisotopic (exact) mass is 433 g/mol. The molecule has 1 atom stereocenters. The van der Waals surface area contributed by atoms with Gasteiger partial charge in [0.25, 0.3) is 5.91 Å². The normalized spacial score (nSPS) is 18.5. The number of carbonyl (C=O) groups is 2. The largest absolute Gasteiger partial charge is 0.356 e. The molecule has 0 radical (unpaired) electrons. The fourth-order valence-electron chi connectivity index (χ4n) is 4.36. The summed E-state index contributed by atoms with van der Waals surface area (Å²) in [7, 11) is 0. The van der Waals surface area contributed by atoms with Gasteiger partial charge in [-0.15, -0.1) is 11.3 Å². The van der Waals surface area contributed by atoms with E-state index >= 15 is 0 Å². The van der Waals surface area contributed by atoms with E-state index in [1.807, 2.05) is 11.8 Å². The number of benzene rings is 1. The van der Waals surface area contributed by atoms with Crippen molar-refractivity contribution in [2.24, 2.45) is 5.41 Å². The number of rotatable bonds is 6. The Morgan fingerprint density at radius 1 is 1.13 bits per heavy atom. The second-order valence-electron chi connectivity index (χ2n) is 8.06. The molecular weight excluding hydrogens is 406 g/mol. The smallest absolute Gasteiger partial charge is 0.253 e. The van der Waals surface area contributed by atoms with Crippen LogP contribution in [0.15, 0.2) is 66.3 Å². The van der Waals surface area contributed by atoms with E-state index in [4.69, 9.17) is 0 Å². The van der Waals surface area contributed by atoms with Crippen LogP contribution in [0.3, 0.4) is 0 Å². The topological polar surface area (TPSA) is 62.3 Å². The lowest BCUT2D eigenvalue weighted by Gasteiger charge is -2.42. The average Bonchev–Trinajstić information content (AvgIpc) is 3.35. The van der Waals surface area contributed by atoms with Gasteiger partial charge in [-0.25, -0.2) is 0 Å². The number of likely N-dealkylation sites (tertiary alicyclic amines) is 1. The Labute approximate surface area is 187 Å². The number of nitrogens with zero attached hydrogens (tertiary/aromatic N) is 2. The van der Waals surface area contributed by atoms with Crippen LogP contribution in [0.25, 0.3) is 10.4 Å². The number of thiophene rings is 1. The number of pyridine rings is 1. The van der Waals surface area contributed by atoms with Crippen molar-refractivity contribution in [2.75, 3.05) is 19.6 Å². The summed E-state index contributed by atoms with van der Waals surface area (Å²) in [5.74, 6) is -0.00613. The SMILES string of the molecule is CCNC(=O)[C@]1(Cc2ccc(-c3cccs3)cc2)CCCN(C(=O)c2ccncc2)C1. The van der Waals surface area contributed by atoms with Crippen molar-refractivity contribution in [3.05, 3.63) is 77.4 Å². The van der Waals surface area contributed by atoms with E-state index in [9.17, 15) is 9.59 Å². The summed E-state index contributed by atoms with van der Waals surface area (Å²) in [6.45, 7) is 3.60. The van der Waals surface area contributed by atoms with Crippen LogP contribution in [0.1, 0.15) is 35.7 Å². The zero-order valence-corrected chi connectivity index (χ0v) is 18.5. The first kappa shape index (κ1) is 21.2. The van der Waals surface area contributed by atoms with Crippen molar-refractivity contribution >= 4 is 23.2 Å². The molecular formula is C25H27N3O2S. The van der Waals surface area contributed by atoms with Gasteiger partial charge in [0.2, 0.25) is 5.91 Å². The van der Waals surface area contributed by atoms with Crippen molar-refractivity contribution in [3.8, 4) is 10.4 Å². The lowest BCUT2D eigenvalue weighted by atomic mass is 9.74. The van der Waals surface area contributed by atoms with Gasteiger partial charge >= 0.3 is 0 Å². The maximum atomic E-state index is 13.2. The number of carbonyl (C=O) groups excluding carboxylic acids is 2. The predicted octanol–water partition coefficient (Wildman–Crippen LogP) is 4.41. The summed E-state index contributed by atoms with van der Waals surface area (Å²) in [5, 5.41) is 5.10. The van der Waals surface area contributed by atoms with E-state index in [2.05, 4.69) is 52.1 Å². The van der Waals surface area contributed by atoms with Gasteiger partial charge in [-0.05, 0) is 60.9 Å².